The van der Waals surface area contributed by atoms with E-state index in [0.717, 1.165) is 0 Å². The average Bonchev–Trinajstić information content (AvgIpc) is 2.97. The van der Waals surface area contributed by atoms with Crippen molar-refractivity contribution >= 4 is 0 Å². The van der Waals surface area contributed by atoms with Crippen molar-refractivity contribution in [3.8, 4) is 0 Å². The van der Waals surface area contributed by atoms with Gasteiger partial charge in [0, 0.05) is 12.1 Å². The van der Waals surface area contributed by atoms with Gasteiger partial charge in [0.1, 0.15) is 0 Å². The average molecular weight is 231 g/mol. The van der Waals surface area contributed by atoms with E-state index in [9.17, 15) is 0 Å². The molecular weight excluding hydrogens is 206 g/mol. The van der Waals surface area contributed by atoms with Gasteiger partial charge in [-0.2, -0.15) is 0 Å². The molecule has 2 unspecified atom stereocenters. The largest absolute Gasteiger partial charge is 0.307 e. The Kier molecular flexibility index (Phi) is 3.31. The van der Waals surface area contributed by atoms with Crippen LogP contribution in [0.25, 0.3) is 0 Å². The van der Waals surface area contributed by atoms with Crippen molar-refractivity contribution in [3.63, 3.8) is 0 Å². The van der Waals surface area contributed by atoms with Crippen LogP contribution in [0.1, 0.15) is 56.3 Å². The number of rotatable bonds is 4. The molecule has 1 aliphatic rings. The predicted molar refractivity (Wildman–Crippen MR) is 74.3 cm³/mol. The highest BCUT2D eigenvalue weighted by atomic mass is 15.0. The molecule has 0 radical (unpaired) electrons. The first-order valence-corrected chi connectivity index (χ1v) is 6.75. The summed E-state index contributed by atoms with van der Waals surface area (Å²) in [7, 11) is 0. The first kappa shape index (κ1) is 12.6. The van der Waals surface area contributed by atoms with E-state index in [1.165, 1.54) is 29.5 Å². The zero-order chi connectivity index (χ0) is 12.6. The number of hydrogen-bond acceptors (Lipinski definition) is 1. The van der Waals surface area contributed by atoms with Crippen LogP contribution in [0, 0.1) is 19.3 Å². The van der Waals surface area contributed by atoms with Crippen LogP contribution >= 0.6 is 0 Å². The molecule has 17 heavy (non-hydrogen) atoms. The maximum Gasteiger partial charge on any atom is 0.0297 e. The Balaban J connectivity index is 2.06. The number of benzene rings is 1. The summed E-state index contributed by atoms with van der Waals surface area (Å²) in [6.07, 6.45) is 2.75. The summed E-state index contributed by atoms with van der Waals surface area (Å²) >= 11 is 0. The zero-order valence-electron chi connectivity index (χ0n) is 11.8. The van der Waals surface area contributed by atoms with E-state index in [2.05, 4.69) is 58.1 Å². The SMILES string of the molecule is Cc1ccc(C(C)NC(C)C2(C)CC2)c(C)c1. The lowest BCUT2D eigenvalue weighted by Crippen LogP contribution is -2.35. The van der Waals surface area contributed by atoms with Crippen LogP contribution in [0.2, 0.25) is 0 Å². The molecule has 0 heterocycles. The highest BCUT2D eigenvalue weighted by Crippen LogP contribution is 2.48. The molecule has 1 saturated carbocycles. The van der Waals surface area contributed by atoms with Crippen molar-refractivity contribution in [3.05, 3.63) is 34.9 Å². The highest BCUT2D eigenvalue weighted by Gasteiger charge is 2.42. The molecule has 1 aromatic rings. The summed E-state index contributed by atoms with van der Waals surface area (Å²) in [6, 6.07) is 7.81. The molecule has 1 nitrogen and oxygen atoms in total. The van der Waals surface area contributed by atoms with E-state index in [0.29, 0.717) is 17.5 Å². The topological polar surface area (TPSA) is 12.0 Å². The van der Waals surface area contributed by atoms with Gasteiger partial charge in [0.25, 0.3) is 0 Å². The second-order valence-electron chi connectivity index (χ2n) is 6.12. The Hall–Kier alpha value is -0.820. The Labute approximate surface area is 106 Å². The van der Waals surface area contributed by atoms with E-state index >= 15 is 0 Å². The summed E-state index contributed by atoms with van der Waals surface area (Å²) in [5.41, 5.74) is 4.73. The van der Waals surface area contributed by atoms with E-state index in [-0.39, 0.29) is 0 Å². The lowest BCUT2D eigenvalue weighted by atomic mass is 9.96. The van der Waals surface area contributed by atoms with E-state index in [1.807, 2.05) is 0 Å². The fourth-order valence-electron chi connectivity index (χ4n) is 2.61. The Morgan fingerprint density at radius 3 is 2.35 bits per heavy atom. The molecule has 94 valence electrons. The van der Waals surface area contributed by atoms with E-state index < -0.39 is 0 Å². The molecule has 0 saturated heterocycles. The molecule has 0 amide bonds. The fourth-order valence-corrected chi connectivity index (χ4v) is 2.61. The summed E-state index contributed by atoms with van der Waals surface area (Å²) in [4.78, 5) is 0. The predicted octanol–water partition coefficient (Wildman–Crippen LogP) is 4.14. The molecule has 0 aromatic heterocycles. The quantitative estimate of drug-likeness (QED) is 0.821. The smallest absolute Gasteiger partial charge is 0.0297 e. The summed E-state index contributed by atoms with van der Waals surface area (Å²) in [5.74, 6) is 0. The second kappa shape index (κ2) is 4.45. The van der Waals surface area contributed by atoms with Crippen molar-refractivity contribution in [2.75, 3.05) is 0 Å². The molecule has 1 aliphatic carbocycles. The summed E-state index contributed by atoms with van der Waals surface area (Å²) in [5, 5.41) is 3.76. The van der Waals surface area contributed by atoms with Crippen LogP contribution in [-0.2, 0) is 0 Å². The molecule has 0 bridgehead atoms. The van der Waals surface area contributed by atoms with Gasteiger partial charge in [-0.15, -0.1) is 0 Å². The number of aryl methyl sites for hydroxylation is 2. The van der Waals surface area contributed by atoms with Crippen LogP contribution in [0.5, 0.6) is 0 Å². The molecule has 0 spiro atoms. The van der Waals surface area contributed by atoms with E-state index in [1.54, 1.807) is 0 Å². The van der Waals surface area contributed by atoms with Gasteiger partial charge in [-0.3, -0.25) is 0 Å². The van der Waals surface area contributed by atoms with E-state index in [4.69, 9.17) is 0 Å². The van der Waals surface area contributed by atoms with Crippen molar-refractivity contribution in [2.24, 2.45) is 5.41 Å². The standard InChI is InChI=1S/C16H25N/c1-11-6-7-15(12(2)10-11)13(3)17-14(4)16(5)8-9-16/h6-7,10,13-14,17H,8-9H2,1-5H3. The van der Waals surface area contributed by atoms with Gasteiger partial charge >= 0.3 is 0 Å². The monoisotopic (exact) mass is 231 g/mol. The normalized spacial score (nSPS) is 21.0. The van der Waals surface area contributed by atoms with Gasteiger partial charge in [0.05, 0.1) is 0 Å². The number of nitrogens with one attached hydrogen (secondary N) is 1. The van der Waals surface area contributed by atoms with Crippen LogP contribution in [0.4, 0.5) is 0 Å². The van der Waals surface area contributed by atoms with Gasteiger partial charge in [-0.1, -0.05) is 30.7 Å². The Bertz CT molecular complexity index is 404. The van der Waals surface area contributed by atoms with Crippen LogP contribution in [0.3, 0.4) is 0 Å². The number of hydrogen-bond donors (Lipinski definition) is 1. The fraction of sp³-hybridized carbons (Fsp3) is 0.625. The van der Waals surface area contributed by atoms with Gasteiger partial charge in [0.15, 0.2) is 0 Å². The maximum absolute atomic E-state index is 3.76. The molecule has 1 aromatic carbocycles. The molecular formula is C16H25N. The molecule has 1 heteroatoms. The van der Waals surface area contributed by atoms with Crippen molar-refractivity contribution in [2.45, 2.75) is 59.5 Å². The molecule has 2 atom stereocenters. The molecule has 1 fully saturated rings. The minimum absolute atomic E-state index is 0.447. The maximum atomic E-state index is 3.76. The highest BCUT2D eigenvalue weighted by molar-refractivity contribution is 5.32. The zero-order valence-corrected chi connectivity index (χ0v) is 11.8. The third-order valence-electron chi connectivity index (χ3n) is 4.48. The lowest BCUT2D eigenvalue weighted by Gasteiger charge is -2.26. The molecule has 1 N–H and O–H groups in total. The van der Waals surface area contributed by atoms with Gasteiger partial charge < -0.3 is 5.32 Å². The third-order valence-corrected chi connectivity index (χ3v) is 4.48. The second-order valence-corrected chi connectivity index (χ2v) is 6.12. The Morgan fingerprint density at radius 1 is 1.18 bits per heavy atom. The first-order chi connectivity index (χ1) is 7.92. The minimum atomic E-state index is 0.447. The molecule has 2 rings (SSSR count). The van der Waals surface area contributed by atoms with Gasteiger partial charge in [0.2, 0.25) is 0 Å². The van der Waals surface area contributed by atoms with Crippen molar-refractivity contribution < 1.29 is 0 Å². The molecule has 0 aliphatic heterocycles. The van der Waals surface area contributed by atoms with Crippen molar-refractivity contribution in [1.82, 2.24) is 5.32 Å². The lowest BCUT2D eigenvalue weighted by molar-refractivity contribution is 0.350. The van der Waals surface area contributed by atoms with Crippen molar-refractivity contribution in [1.29, 1.82) is 0 Å². The first-order valence-electron chi connectivity index (χ1n) is 6.75. The van der Waals surface area contributed by atoms with Gasteiger partial charge in [-0.25, -0.2) is 0 Å². The Morgan fingerprint density at radius 2 is 1.82 bits per heavy atom. The van der Waals surface area contributed by atoms with Crippen LogP contribution < -0.4 is 5.32 Å². The van der Waals surface area contributed by atoms with Crippen LogP contribution in [-0.4, -0.2) is 6.04 Å². The third kappa shape index (κ3) is 2.71. The van der Waals surface area contributed by atoms with Crippen LogP contribution in [0.15, 0.2) is 18.2 Å². The minimum Gasteiger partial charge on any atom is -0.307 e. The summed E-state index contributed by atoms with van der Waals surface area (Å²) < 4.78 is 0. The van der Waals surface area contributed by atoms with Gasteiger partial charge in [-0.05, 0) is 57.1 Å². The summed E-state index contributed by atoms with van der Waals surface area (Å²) in [6.45, 7) is 11.4.